The summed E-state index contributed by atoms with van der Waals surface area (Å²) >= 11 is 5.88. The largest absolute Gasteiger partial charge is 0.481 e. The number of aliphatic carboxylic acids is 1. The van der Waals surface area contributed by atoms with E-state index in [1.165, 1.54) is 6.07 Å². The highest BCUT2D eigenvalue weighted by atomic mass is 35.5. The topological polar surface area (TPSA) is 92.4 Å². The lowest BCUT2D eigenvalue weighted by Gasteiger charge is -2.12. The van der Waals surface area contributed by atoms with Gasteiger partial charge in [0.05, 0.1) is 16.5 Å². The van der Waals surface area contributed by atoms with Gasteiger partial charge in [-0.05, 0) is 24.6 Å². The van der Waals surface area contributed by atoms with E-state index in [0.29, 0.717) is 18.7 Å². The second-order valence-corrected chi connectivity index (χ2v) is 4.29. The van der Waals surface area contributed by atoms with Gasteiger partial charge in [-0.2, -0.15) is 0 Å². The number of nitrogens with one attached hydrogen (secondary N) is 1. The lowest BCUT2D eigenvalue weighted by atomic mass is 10.1. The number of benzene rings is 1. The van der Waals surface area contributed by atoms with Crippen LogP contribution in [-0.4, -0.2) is 23.5 Å². The van der Waals surface area contributed by atoms with Crippen molar-refractivity contribution in [2.45, 2.75) is 13.3 Å². The van der Waals surface area contributed by atoms with Crippen LogP contribution in [0, 0.1) is 5.92 Å². The molecule has 5 nitrogen and oxygen atoms in total. The number of carboxylic acid groups (broad SMARTS) is 1. The Balaban J connectivity index is 2.72. The molecule has 1 rings (SSSR count). The number of hydrogen-bond acceptors (Lipinski definition) is 3. The predicted octanol–water partition coefficient (Wildman–Crippen LogP) is 1.96. The van der Waals surface area contributed by atoms with Crippen molar-refractivity contribution in [1.82, 2.24) is 0 Å². The summed E-state index contributed by atoms with van der Waals surface area (Å²) in [4.78, 5) is 21.8. The summed E-state index contributed by atoms with van der Waals surface area (Å²) in [7, 11) is 0. The van der Waals surface area contributed by atoms with Crippen molar-refractivity contribution in [3.63, 3.8) is 0 Å². The molecule has 98 valence electrons. The van der Waals surface area contributed by atoms with Crippen LogP contribution in [0.25, 0.3) is 0 Å². The van der Waals surface area contributed by atoms with Crippen LogP contribution >= 0.6 is 11.6 Å². The number of carbonyl (C=O) groups excluding carboxylic acids is 1. The van der Waals surface area contributed by atoms with Gasteiger partial charge in [-0.25, -0.2) is 0 Å². The molecule has 0 aliphatic heterocycles. The van der Waals surface area contributed by atoms with Gasteiger partial charge in [0.1, 0.15) is 0 Å². The van der Waals surface area contributed by atoms with Gasteiger partial charge in [0.15, 0.2) is 0 Å². The van der Waals surface area contributed by atoms with Crippen molar-refractivity contribution in [3.05, 3.63) is 28.8 Å². The van der Waals surface area contributed by atoms with Crippen molar-refractivity contribution in [3.8, 4) is 0 Å². The molecule has 6 heteroatoms. The molecule has 1 aromatic rings. The molecule has 1 unspecified atom stereocenters. The maximum atomic E-state index is 11.0. The van der Waals surface area contributed by atoms with Crippen molar-refractivity contribution in [1.29, 1.82) is 0 Å². The zero-order valence-electron chi connectivity index (χ0n) is 9.94. The molecule has 0 spiro atoms. The van der Waals surface area contributed by atoms with E-state index in [4.69, 9.17) is 22.4 Å². The molecule has 0 aromatic heterocycles. The standard InChI is InChI=1S/C12H15ClN2O3/c1-2-7(12(17)18)6-15-8-3-4-9(11(14)16)10(13)5-8/h3-5,7,15H,2,6H2,1H3,(H2,14,16)(H,17,18). The first-order valence-corrected chi connectivity index (χ1v) is 5.89. The zero-order valence-corrected chi connectivity index (χ0v) is 10.7. The smallest absolute Gasteiger partial charge is 0.308 e. The second-order valence-electron chi connectivity index (χ2n) is 3.88. The van der Waals surface area contributed by atoms with Gasteiger partial charge in [0.2, 0.25) is 5.91 Å². The van der Waals surface area contributed by atoms with E-state index in [2.05, 4.69) is 5.32 Å². The summed E-state index contributed by atoms with van der Waals surface area (Å²) in [5.74, 6) is -1.90. The van der Waals surface area contributed by atoms with Gasteiger partial charge in [0.25, 0.3) is 0 Å². The lowest BCUT2D eigenvalue weighted by molar-refractivity contribution is -0.141. The van der Waals surface area contributed by atoms with E-state index in [1.54, 1.807) is 12.1 Å². The van der Waals surface area contributed by atoms with E-state index in [9.17, 15) is 9.59 Å². The third-order valence-corrected chi connectivity index (χ3v) is 2.94. The molecule has 0 aliphatic rings. The average molecular weight is 271 g/mol. The fourth-order valence-corrected chi connectivity index (χ4v) is 1.75. The minimum atomic E-state index is -0.843. The summed E-state index contributed by atoms with van der Waals surface area (Å²) in [6.07, 6.45) is 0.537. The third-order valence-electron chi connectivity index (χ3n) is 2.63. The van der Waals surface area contributed by atoms with Gasteiger partial charge in [-0.15, -0.1) is 0 Å². The molecule has 0 aliphatic carbocycles. The maximum Gasteiger partial charge on any atom is 0.308 e. The van der Waals surface area contributed by atoms with E-state index in [-0.39, 0.29) is 10.6 Å². The third kappa shape index (κ3) is 3.63. The highest BCUT2D eigenvalue weighted by Crippen LogP contribution is 2.21. The second kappa shape index (κ2) is 6.26. The first-order chi connectivity index (χ1) is 8.45. The van der Waals surface area contributed by atoms with Crippen molar-refractivity contribution in [2.24, 2.45) is 11.7 Å². The number of carbonyl (C=O) groups is 2. The van der Waals surface area contributed by atoms with Crippen LogP contribution in [0.5, 0.6) is 0 Å². The molecule has 1 atom stereocenters. The van der Waals surface area contributed by atoms with Crippen LogP contribution in [0.15, 0.2) is 18.2 Å². The Morgan fingerprint density at radius 3 is 2.61 bits per heavy atom. The van der Waals surface area contributed by atoms with Crippen LogP contribution < -0.4 is 11.1 Å². The first kappa shape index (κ1) is 14.3. The Morgan fingerprint density at radius 2 is 2.17 bits per heavy atom. The highest BCUT2D eigenvalue weighted by molar-refractivity contribution is 6.34. The highest BCUT2D eigenvalue weighted by Gasteiger charge is 2.14. The summed E-state index contributed by atoms with van der Waals surface area (Å²) in [5.41, 5.74) is 6.03. The Morgan fingerprint density at radius 1 is 1.50 bits per heavy atom. The van der Waals surface area contributed by atoms with Gasteiger partial charge in [-0.1, -0.05) is 18.5 Å². The summed E-state index contributed by atoms with van der Waals surface area (Å²) in [6.45, 7) is 2.11. The van der Waals surface area contributed by atoms with Crippen LogP contribution in [-0.2, 0) is 4.79 Å². The minimum absolute atomic E-state index is 0.243. The van der Waals surface area contributed by atoms with Gasteiger partial charge in [0, 0.05) is 12.2 Å². The van der Waals surface area contributed by atoms with E-state index >= 15 is 0 Å². The number of anilines is 1. The average Bonchev–Trinajstić information content (AvgIpc) is 2.28. The first-order valence-electron chi connectivity index (χ1n) is 5.51. The van der Waals surface area contributed by atoms with Crippen LogP contribution in [0.3, 0.4) is 0 Å². The summed E-state index contributed by atoms with van der Waals surface area (Å²) in [5, 5.41) is 12.1. The normalized spacial score (nSPS) is 11.9. The number of rotatable bonds is 6. The fraction of sp³-hybridized carbons (Fsp3) is 0.333. The molecule has 0 bridgehead atoms. The van der Waals surface area contributed by atoms with E-state index in [0.717, 1.165) is 0 Å². The van der Waals surface area contributed by atoms with Crippen molar-refractivity contribution < 1.29 is 14.7 Å². The lowest BCUT2D eigenvalue weighted by Crippen LogP contribution is -2.22. The van der Waals surface area contributed by atoms with Crippen molar-refractivity contribution in [2.75, 3.05) is 11.9 Å². The molecule has 4 N–H and O–H groups in total. The Bertz CT molecular complexity index is 463. The summed E-state index contributed by atoms with van der Waals surface area (Å²) in [6, 6.07) is 4.70. The molecule has 0 fully saturated rings. The monoisotopic (exact) mass is 270 g/mol. The molecular formula is C12H15ClN2O3. The SMILES string of the molecule is CCC(CNc1ccc(C(N)=O)c(Cl)c1)C(=O)O. The molecule has 18 heavy (non-hydrogen) atoms. The fourth-order valence-electron chi connectivity index (χ4n) is 1.47. The number of halogens is 1. The molecule has 0 heterocycles. The van der Waals surface area contributed by atoms with Crippen LogP contribution in [0.2, 0.25) is 5.02 Å². The Labute approximate surface area is 110 Å². The molecule has 1 aromatic carbocycles. The zero-order chi connectivity index (χ0) is 13.7. The van der Waals surface area contributed by atoms with Crippen molar-refractivity contribution >= 4 is 29.2 Å². The number of amides is 1. The molecule has 0 saturated heterocycles. The predicted molar refractivity (Wildman–Crippen MR) is 69.9 cm³/mol. The number of nitrogens with two attached hydrogens (primary N) is 1. The summed E-state index contributed by atoms with van der Waals surface area (Å²) < 4.78 is 0. The van der Waals surface area contributed by atoms with Gasteiger partial charge in [-0.3, -0.25) is 9.59 Å². The van der Waals surface area contributed by atoms with E-state index < -0.39 is 17.8 Å². The maximum absolute atomic E-state index is 11.0. The quantitative estimate of drug-likeness (QED) is 0.737. The minimum Gasteiger partial charge on any atom is -0.481 e. The Hall–Kier alpha value is -1.75. The Kier molecular flexibility index (Phi) is 4.97. The number of primary amides is 1. The van der Waals surface area contributed by atoms with Crippen LogP contribution in [0.1, 0.15) is 23.7 Å². The number of carboxylic acids is 1. The molecule has 1 amide bonds. The molecular weight excluding hydrogens is 256 g/mol. The van der Waals surface area contributed by atoms with Gasteiger partial charge < -0.3 is 16.2 Å². The number of hydrogen-bond donors (Lipinski definition) is 3. The molecule has 0 saturated carbocycles. The van der Waals surface area contributed by atoms with Crippen LogP contribution in [0.4, 0.5) is 5.69 Å². The van der Waals surface area contributed by atoms with Gasteiger partial charge >= 0.3 is 5.97 Å². The molecule has 0 radical (unpaired) electrons. The van der Waals surface area contributed by atoms with E-state index in [1.807, 2.05) is 6.92 Å².